The van der Waals surface area contributed by atoms with Crippen molar-refractivity contribution in [2.45, 2.75) is 19.6 Å². The number of aliphatic hydroxyl groups is 1. The Morgan fingerprint density at radius 1 is 1.18 bits per heavy atom. The summed E-state index contributed by atoms with van der Waals surface area (Å²) in [5.74, 6) is 0. The van der Waals surface area contributed by atoms with Crippen molar-refractivity contribution in [2.24, 2.45) is 0 Å². The molecule has 0 saturated carbocycles. The molecule has 1 aromatic heterocycles. The number of β-amino-alcohol motifs (C(OH)–C–C–N with tert-alkyl or cyclic N) is 1. The zero-order valence-electron chi connectivity index (χ0n) is 12.9. The van der Waals surface area contributed by atoms with Crippen LogP contribution in [-0.2, 0) is 11.3 Å². The average Bonchev–Trinajstić information content (AvgIpc) is 2.97. The standard InChI is InChI=1S/C16H22N4O2/c1-13-2-4-14(5-3-13)16-12-20(18-17-16)11-15(21)10-19-6-8-22-9-7-19/h2-5,12,15,21H,6-11H2,1H3. The molecule has 3 rings (SSSR count). The maximum Gasteiger partial charge on any atom is 0.113 e. The number of benzene rings is 1. The van der Waals surface area contributed by atoms with Crippen molar-refractivity contribution in [1.29, 1.82) is 0 Å². The Bertz CT molecular complexity index is 590. The van der Waals surface area contributed by atoms with E-state index >= 15 is 0 Å². The Kier molecular flexibility index (Phi) is 4.82. The average molecular weight is 302 g/mol. The van der Waals surface area contributed by atoms with E-state index in [9.17, 15) is 5.11 Å². The number of aromatic nitrogens is 3. The molecular weight excluding hydrogens is 280 g/mol. The Labute approximate surface area is 130 Å². The molecule has 0 spiro atoms. The van der Waals surface area contributed by atoms with Crippen LogP contribution in [0.15, 0.2) is 30.5 Å². The lowest BCUT2D eigenvalue weighted by molar-refractivity contribution is 0.0107. The van der Waals surface area contributed by atoms with Crippen molar-refractivity contribution in [1.82, 2.24) is 19.9 Å². The van der Waals surface area contributed by atoms with Gasteiger partial charge in [-0.3, -0.25) is 4.90 Å². The monoisotopic (exact) mass is 302 g/mol. The van der Waals surface area contributed by atoms with Gasteiger partial charge < -0.3 is 9.84 Å². The minimum Gasteiger partial charge on any atom is -0.390 e. The topological polar surface area (TPSA) is 63.4 Å². The fourth-order valence-corrected chi connectivity index (χ4v) is 2.60. The van der Waals surface area contributed by atoms with Gasteiger partial charge in [-0.1, -0.05) is 35.0 Å². The molecule has 1 aliphatic heterocycles. The van der Waals surface area contributed by atoms with Gasteiger partial charge in [0.2, 0.25) is 0 Å². The molecule has 0 amide bonds. The first-order chi connectivity index (χ1) is 10.7. The number of ether oxygens (including phenoxy) is 1. The molecule has 1 unspecified atom stereocenters. The summed E-state index contributed by atoms with van der Waals surface area (Å²) in [6, 6.07) is 8.19. The highest BCUT2D eigenvalue weighted by Gasteiger charge is 2.16. The minimum atomic E-state index is -0.453. The molecule has 22 heavy (non-hydrogen) atoms. The van der Waals surface area contributed by atoms with E-state index in [2.05, 4.69) is 34.3 Å². The van der Waals surface area contributed by atoms with Crippen LogP contribution in [0.1, 0.15) is 5.56 Å². The van der Waals surface area contributed by atoms with Crippen LogP contribution < -0.4 is 0 Å². The third kappa shape index (κ3) is 3.91. The van der Waals surface area contributed by atoms with Gasteiger partial charge in [-0.15, -0.1) is 5.10 Å². The summed E-state index contributed by atoms with van der Waals surface area (Å²) in [7, 11) is 0. The molecule has 118 valence electrons. The van der Waals surface area contributed by atoms with E-state index in [-0.39, 0.29) is 0 Å². The van der Waals surface area contributed by atoms with Gasteiger partial charge in [0.15, 0.2) is 0 Å². The van der Waals surface area contributed by atoms with Gasteiger partial charge in [0, 0.05) is 25.2 Å². The highest BCUT2D eigenvalue weighted by atomic mass is 16.5. The lowest BCUT2D eigenvalue weighted by Gasteiger charge is -2.28. The van der Waals surface area contributed by atoms with Gasteiger partial charge in [-0.25, -0.2) is 4.68 Å². The van der Waals surface area contributed by atoms with Gasteiger partial charge >= 0.3 is 0 Å². The second-order valence-corrected chi connectivity index (χ2v) is 5.76. The molecule has 1 fully saturated rings. The Hall–Kier alpha value is -1.76. The van der Waals surface area contributed by atoms with Gasteiger partial charge in [-0.2, -0.15) is 0 Å². The van der Waals surface area contributed by atoms with Crippen LogP contribution in [0.3, 0.4) is 0 Å². The first-order valence-electron chi connectivity index (χ1n) is 7.66. The van der Waals surface area contributed by atoms with Crippen molar-refractivity contribution in [2.75, 3.05) is 32.8 Å². The Morgan fingerprint density at radius 2 is 1.91 bits per heavy atom. The number of rotatable bonds is 5. The summed E-state index contributed by atoms with van der Waals surface area (Å²) in [6.07, 6.45) is 1.43. The van der Waals surface area contributed by atoms with Crippen LogP contribution in [0.2, 0.25) is 0 Å². The van der Waals surface area contributed by atoms with Crippen LogP contribution in [-0.4, -0.2) is 64.0 Å². The minimum absolute atomic E-state index is 0.453. The van der Waals surface area contributed by atoms with E-state index in [1.54, 1.807) is 4.68 Å². The van der Waals surface area contributed by atoms with Crippen molar-refractivity contribution >= 4 is 0 Å². The number of hydrogen-bond donors (Lipinski definition) is 1. The summed E-state index contributed by atoms with van der Waals surface area (Å²) in [4.78, 5) is 2.21. The molecule has 2 heterocycles. The number of morpholine rings is 1. The molecule has 0 radical (unpaired) electrons. The Balaban J connectivity index is 1.57. The molecule has 1 atom stereocenters. The van der Waals surface area contributed by atoms with Gasteiger partial charge in [0.05, 0.1) is 32.1 Å². The van der Waals surface area contributed by atoms with Gasteiger partial charge in [-0.05, 0) is 6.92 Å². The smallest absolute Gasteiger partial charge is 0.113 e. The number of nitrogens with zero attached hydrogens (tertiary/aromatic N) is 4. The van der Waals surface area contributed by atoms with Crippen molar-refractivity contribution < 1.29 is 9.84 Å². The van der Waals surface area contributed by atoms with E-state index in [1.165, 1.54) is 5.56 Å². The third-order valence-corrected chi connectivity index (χ3v) is 3.86. The van der Waals surface area contributed by atoms with Crippen molar-refractivity contribution in [3.63, 3.8) is 0 Å². The summed E-state index contributed by atoms with van der Waals surface area (Å²) in [6.45, 7) is 6.40. The highest BCUT2D eigenvalue weighted by molar-refractivity contribution is 5.57. The zero-order chi connectivity index (χ0) is 15.4. The molecular formula is C16H22N4O2. The van der Waals surface area contributed by atoms with Crippen LogP contribution in [0.5, 0.6) is 0 Å². The molecule has 1 aromatic carbocycles. The maximum atomic E-state index is 10.2. The van der Waals surface area contributed by atoms with Crippen molar-refractivity contribution in [3.05, 3.63) is 36.0 Å². The largest absolute Gasteiger partial charge is 0.390 e. The van der Waals surface area contributed by atoms with Gasteiger partial charge in [0.25, 0.3) is 0 Å². The molecule has 0 bridgehead atoms. The predicted molar refractivity (Wildman–Crippen MR) is 83.5 cm³/mol. The van der Waals surface area contributed by atoms with Crippen LogP contribution in [0.25, 0.3) is 11.3 Å². The van der Waals surface area contributed by atoms with E-state index in [0.29, 0.717) is 13.1 Å². The summed E-state index contributed by atoms with van der Waals surface area (Å²) in [5.41, 5.74) is 3.09. The van der Waals surface area contributed by atoms with Crippen molar-refractivity contribution in [3.8, 4) is 11.3 Å². The Morgan fingerprint density at radius 3 is 2.64 bits per heavy atom. The van der Waals surface area contributed by atoms with Crippen LogP contribution >= 0.6 is 0 Å². The quantitative estimate of drug-likeness (QED) is 0.891. The maximum absolute atomic E-state index is 10.2. The first-order valence-corrected chi connectivity index (χ1v) is 7.66. The van der Waals surface area contributed by atoms with E-state index in [4.69, 9.17) is 4.74 Å². The molecule has 2 aromatic rings. The molecule has 0 aliphatic carbocycles. The second kappa shape index (κ2) is 7.00. The highest BCUT2D eigenvalue weighted by Crippen LogP contribution is 2.16. The van der Waals surface area contributed by atoms with E-state index < -0.39 is 6.10 Å². The number of aryl methyl sites for hydroxylation is 1. The molecule has 6 nitrogen and oxygen atoms in total. The number of hydrogen-bond acceptors (Lipinski definition) is 5. The summed E-state index contributed by atoms with van der Waals surface area (Å²) in [5, 5.41) is 18.5. The lowest BCUT2D eigenvalue weighted by Crippen LogP contribution is -2.42. The van der Waals surface area contributed by atoms with E-state index in [0.717, 1.165) is 37.6 Å². The lowest BCUT2D eigenvalue weighted by atomic mass is 10.1. The van der Waals surface area contributed by atoms with Crippen LogP contribution in [0, 0.1) is 6.92 Å². The molecule has 6 heteroatoms. The zero-order valence-corrected chi connectivity index (χ0v) is 12.9. The summed E-state index contributed by atoms with van der Waals surface area (Å²) < 4.78 is 7.02. The summed E-state index contributed by atoms with van der Waals surface area (Å²) >= 11 is 0. The molecule has 1 aliphatic rings. The van der Waals surface area contributed by atoms with E-state index in [1.807, 2.05) is 18.3 Å². The normalized spacial score (nSPS) is 17.5. The SMILES string of the molecule is Cc1ccc(-c2cn(CC(O)CN3CCOCC3)nn2)cc1. The molecule has 1 saturated heterocycles. The van der Waals surface area contributed by atoms with Gasteiger partial charge in [0.1, 0.15) is 5.69 Å². The molecule has 1 N–H and O–H groups in total. The number of aliphatic hydroxyl groups excluding tert-OH is 1. The van der Waals surface area contributed by atoms with Crippen LogP contribution in [0.4, 0.5) is 0 Å². The third-order valence-electron chi connectivity index (χ3n) is 3.86. The first kappa shape index (κ1) is 15.1. The second-order valence-electron chi connectivity index (χ2n) is 5.76. The predicted octanol–water partition coefficient (Wildman–Crippen LogP) is 0.947. The fourth-order valence-electron chi connectivity index (χ4n) is 2.60. The fraction of sp³-hybridized carbons (Fsp3) is 0.500.